The molecule has 1 nitrogen and oxygen atoms in total. The normalized spacial score (nSPS) is 22.8. The van der Waals surface area contributed by atoms with Gasteiger partial charge in [0.2, 0.25) is 0 Å². The lowest BCUT2D eigenvalue weighted by atomic mass is 9.96. The van der Waals surface area contributed by atoms with Crippen LogP contribution in [-0.2, 0) is 0 Å². The lowest BCUT2D eigenvalue weighted by Gasteiger charge is -2.20. The zero-order valence-corrected chi connectivity index (χ0v) is 13.2. The third kappa shape index (κ3) is 1.97. The molecule has 100 valence electrons. The van der Waals surface area contributed by atoms with E-state index in [1.165, 1.54) is 0 Å². The van der Waals surface area contributed by atoms with E-state index in [4.69, 9.17) is 23.2 Å². The standard InChI is InChI=1S/C15H21Cl2N/c1-14(2)13(15(14,3)4)12(18-5)10-8-9(16)6-7-11(10)17/h6-8,12-13,18H,1-5H3. The summed E-state index contributed by atoms with van der Waals surface area (Å²) in [5.41, 5.74) is 1.73. The van der Waals surface area contributed by atoms with Crippen molar-refractivity contribution in [1.82, 2.24) is 5.32 Å². The van der Waals surface area contributed by atoms with Crippen LogP contribution < -0.4 is 5.32 Å². The summed E-state index contributed by atoms with van der Waals surface area (Å²) in [4.78, 5) is 0. The monoisotopic (exact) mass is 285 g/mol. The van der Waals surface area contributed by atoms with Gasteiger partial charge < -0.3 is 5.32 Å². The van der Waals surface area contributed by atoms with E-state index < -0.39 is 0 Å². The molecule has 1 fully saturated rings. The van der Waals surface area contributed by atoms with Gasteiger partial charge in [0, 0.05) is 16.1 Å². The summed E-state index contributed by atoms with van der Waals surface area (Å²) in [6.45, 7) is 9.28. The smallest absolute Gasteiger partial charge is 0.0454 e. The number of hydrogen-bond acceptors (Lipinski definition) is 1. The molecule has 1 aliphatic rings. The van der Waals surface area contributed by atoms with Crippen molar-refractivity contribution in [3.8, 4) is 0 Å². The molecule has 1 saturated carbocycles. The van der Waals surface area contributed by atoms with Gasteiger partial charge in [0.25, 0.3) is 0 Å². The van der Waals surface area contributed by atoms with Crippen LogP contribution in [-0.4, -0.2) is 7.05 Å². The van der Waals surface area contributed by atoms with Crippen molar-refractivity contribution in [3.63, 3.8) is 0 Å². The van der Waals surface area contributed by atoms with Gasteiger partial charge in [-0.05, 0) is 47.6 Å². The summed E-state index contributed by atoms with van der Waals surface area (Å²) >= 11 is 12.4. The minimum atomic E-state index is 0.251. The average molecular weight is 286 g/mol. The molecule has 0 saturated heterocycles. The zero-order chi connectivity index (χ0) is 13.7. The highest BCUT2D eigenvalue weighted by Gasteiger charge is 2.67. The average Bonchev–Trinajstić information content (AvgIpc) is 2.67. The number of benzene rings is 1. The van der Waals surface area contributed by atoms with Gasteiger partial charge in [-0.2, -0.15) is 0 Å². The predicted octanol–water partition coefficient (Wildman–Crippen LogP) is 4.94. The van der Waals surface area contributed by atoms with Gasteiger partial charge in [-0.1, -0.05) is 50.9 Å². The van der Waals surface area contributed by atoms with E-state index in [0.717, 1.165) is 15.6 Å². The zero-order valence-electron chi connectivity index (χ0n) is 11.6. The third-order valence-corrected chi connectivity index (χ3v) is 5.65. The van der Waals surface area contributed by atoms with E-state index in [-0.39, 0.29) is 6.04 Å². The Bertz CT molecular complexity index is 452. The molecule has 0 amide bonds. The van der Waals surface area contributed by atoms with Crippen molar-refractivity contribution in [3.05, 3.63) is 33.8 Å². The fourth-order valence-electron chi connectivity index (χ4n) is 3.34. The SMILES string of the molecule is CNC(c1cc(Cl)ccc1Cl)C1C(C)(C)C1(C)C. The van der Waals surface area contributed by atoms with Crippen LogP contribution in [0.1, 0.15) is 39.3 Å². The second-order valence-electron chi connectivity index (χ2n) is 6.35. The first-order valence-corrected chi connectivity index (χ1v) is 7.11. The Kier molecular flexibility index (Phi) is 3.46. The summed E-state index contributed by atoms with van der Waals surface area (Å²) in [6.07, 6.45) is 0. The van der Waals surface area contributed by atoms with Gasteiger partial charge in [-0.25, -0.2) is 0 Å². The van der Waals surface area contributed by atoms with Crippen molar-refractivity contribution in [1.29, 1.82) is 0 Å². The fraction of sp³-hybridized carbons (Fsp3) is 0.600. The van der Waals surface area contributed by atoms with Crippen molar-refractivity contribution < 1.29 is 0 Å². The van der Waals surface area contributed by atoms with E-state index >= 15 is 0 Å². The Morgan fingerprint density at radius 2 is 1.67 bits per heavy atom. The minimum Gasteiger partial charge on any atom is -0.313 e. The molecule has 1 N–H and O–H groups in total. The molecule has 0 aliphatic heterocycles. The molecule has 1 aromatic carbocycles. The van der Waals surface area contributed by atoms with Crippen LogP contribution in [0, 0.1) is 16.7 Å². The lowest BCUT2D eigenvalue weighted by molar-refractivity contribution is 0.438. The molecule has 1 unspecified atom stereocenters. The Hall–Kier alpha value is -0.240. The first-order chi connectivity index (χ1) is 8.23. The van der Waals surface area contributed by atoms with Gasteiger partial charge in [0.1, 0.15) is 0 Å². The van der Waals surface area contributed by atoms with E-state index in [9.17, 15) is 0 Å². The van der Waals surface area contributed by atoms with Gasteiger partial charge in [-0.3, -0.25) is 0 Å². The minimum absolute atomic E-state index is 0.251. The largest absolute Gasteiger partial charge is 0.313 e. The molecule has 1 aliphatic carbocycles. The molecule has 18 heavy (non-hydrogen) atoms. The molecule has 0 heterocycles. The van der Waals surface area contributed by atoms with Crippen LogP contribution in [0.25, 0.3) is 0 Å². The highest BCUT2D eigenvalue weighted by Crippen LogP contribution is 2.72. The van der Waals surface area contributed by atoms with E-state index in [2.05, 4.69) is 33.0 Å². The van der Waals surface area contributed by atoms with Crippen LogP contribution in [0.4, 0.5) is 0 Å². The molecule has 2 rings (SSSR count). The maximum atomic E-state index is 6.33. The maximum absolute atomic E-state index is 6.33. The summed E-state index contributed by atoms with van der Waals surface area (Å²) in [6, 6.07) is 5.95. The van der Waals surface area contributed by atoms with Crippen molar-refractivity contribution in [2.45, 2.75) is 33.7 Å². The second-order valence-corrected chi connectivity index (χ2v) is 7.20. The van der Waals surface area contributed by atoms with Gasteiger partial charge in [-0.15, -0.1) is 0 Å². The summed E-state index contributed by atoms with van der Waals surface area (Å²) in [5.74, 6) is 0.561. The molecular formula is C15H21Cl2N. The third-order valence-electron chi connectivity index (χ3n) is 5.07. The van der Waals surface area contributed by atoms with E-state index in [1.54, 1.807) is 0 Å². The van der Waals surface area contributed by atoms with Crippen molar-refractivity contribution in [2.75, 3.05) is 7.05 Å². The number of halogens is 2. The summed E-state index contributed by atoms with van der Waals surface area (Å²) in [5, 5.41) is 4.95. The molecule has 0 bridgehead atoms. The lowest BCUT2D eigenvalue weighted by Crippen LogP contribution is -2.21. The quantitative estimate of drug-likeness (QED) is 0.830. The highest BCUT2D eigenvalue weighted by atomic mass is 35.5. The molecule has 3 heteroatoms. The Labute approximate surface area is 120 Å². The second kappa shape index (κ2) is 4.40. The molecule has 0 radical (unpaired) electrons. The predicted molar refractivity (Wildman–Crippen MR) is 79.3 cm³/mol. The Balaban J connectivity index is 2.39. The van der Waals surface area contributed by atoms with Crippen LogP contribution >= 0.6 is 23.2 Å². The number of hydrogen-bond donors (Lipinski definition) is 1. The molecule has 0 aromatic heterocycles. The maximum Gasteiger partial charge on any atom is 0.0454 e. The van der Waals surface area contributed by atoms with Crippen molar-refractivity contribution in [2.24, 2.45) is 16.7 Å². The summed E-state index contributed by atoms with van der Waals surface area (Å²) in [7, 11) is 1.99. The first-order valence-electron chi connectivity index (χ1n) is 6.35. The topological polar surface area (TPSA) is 12.0 Å². The first kappa shape index (κ1) is 14.2. The molecular weight excluding hydrogens is 265 g/mol. The Morgan fingerprint density at radius 1 is 1.11 bits per heavy atom. The van der Waals surface area contributed by atoms with Crippen LogP contribution in [0.3, 0.4) is 0 Å². The van der Waals surface area contributed by atoms with E-state index in [1.807, 2.05) is 25.2 Å². The molecule has 0 spiro atoms. The highest BCUT2D eigenvalue weighted by molar-refractivity contribution is 6.33. The van der Waals surface area contributed by atoms with Crippen LogP contribution in [0.2, 0.25) is 10.0 Å². The Morgan fingerprint density at radius 3 is 2.11 bits per heavy atom. The summed E-state index contributed by atoms with van der Waals surface area (Å²) < 4.78 is 0. The van der Waals surface area contributed by atoms with Crippen LogP contribution in [0.15, 0.2) is 18.2 Å². The number of nitrogens with one attached hydrogen (secondary N) is 1. The van der Waals surface area contributed by atoms with Gasteiger partial charge in [0.15, 0.2) is 0 Å². The van der Waals surface area contributed by atoms with Crippen LogP contribution in [0.5, 0.6) is 0 Å². The van der Waals surface area contributed by atoms with Gasteiger partial charge in [0.05, 0.1) is 0 Å². The van der Waals surface area contributed by atoms with Crippen molar-refractivity contribution >= 4 is 23.2 Å². The number of rotatable bonds is 3. The fourth-order valence-corrected chi connectivity index (χ4v) is 3.75. The molecule has 1 atom stereocenters. The molecule has 1 aromatic rings. The van der Waals surface area contributed by atoms with Gasteiger partial charge >= 0.3 is 0 Å². The van der Waals surface area contributed by atoms with E-state index in [0.29, 0.717) is 16.7 Å².